The molecule has 2 aromatic carbocycles. The molecule has 0 spiro atoms. The fourth-order valence-corrected chi connectivity index (χ4v) is 2.07. The van der Waals surface area contributed by atoms with Gasteiger partial charge in [-0.3, -0.25) is 4.79 Å². The number of benzene rings is 2. The number of nitrogens with one attached hydrogen (secondary N) is 1. The van der Waals surface area contributed by atoms with E-state index in [1.54, 1.807) is 12.1 Å². The van der Waals surface area contributed by atoms with Crippen molar-refractivity contribution in [1.29, 1.82) is 0 Å². The Hall–Kier alpha value is -2.50. The third kappa shape index (κ3) is 3.39. The van der Waals surface area contributed by atoms with Gasteiger partial charge in [-0.2, -0.15) is 0 Å². The smallest absolute Gasteiger partial charge is 0.307 e. The normalized spacial score (nSPS) is 10.5. The molecule has 0 atom stereocenters. The molecule has 2 aromatic rings. The minimum absolute atomic E-state index is 0.225. The highest BCUT2D eigenvalue weighted by molar-refractivity contribution is 5.75. The van der Waals surface area contributed by atoms with Gasteiger partial charge in [-0.15, -0.1) is 0 Å². The lowest BCUT2D eigenvalue weighted by Gasteiger charge is -2.14. The highest BCUT2D eigenvalue weighted by Crippen LogP contribution is 2.28. The van der Waals surface area contributed by atoms with Crippen LogP contribution in [0.3, 0.4) is 0 Å². The standard InChI is InChI=1S/C16H14F3NO2/c1-2-9-3-6-13(10(7-9)8-14(21)22)20-16-12(18)5-4-11(17)15(16)19/h3-7,20H,2,8H2,1H3,(H,21,22). The number of anilines is 2. The van der Waals surface area contributed by atoms with E-state index in [9.17, 15) is 18.0 Å². The lowest BCUT2D eigenvalue weighted by molar-refractivity contribution is -0.136. The summed E-state index contributed by atoms with van der Waals surface area (Å²) in [6.45, 7) is 1.90. The van der Waals surface area contributed by atoms with E-state index in [1.165, 1.54) is 6.07 Å². The summed E-state index contributed by atoms with van der Waals surface area (Å²) in [5.41, 5.74) is 0.843. The maximum Gasteiger partial charge on any atom is 0.307 e. The van der Waals surface area contributed by atoms with Gasteiger partial charge in [0.2, 0.25) is 0 Å². The summed E-state index contributed by atoms with van der Waals surface area (Å²) >= 11 is 0. The first-order valence-corrected chi connectivity index (χ1v) is 6.66. The SMILES string of the molecule is CCc1ccc(Nc2c(F)ccc(F)c2F)c(CC(=O)O)c1. The molecule has 0 aliphatic carbocycles. The number of carboxylic acid groups (broad SMARTS) is 1. The summed E-state index contributed by atoms with van der Waals surface area (Å²) < 4.78 is 40.6. The molecular formula is C16H14F3NO2. The fraction of sp³-hybridized carbons (Fsp3) is 0.188. The minimum Gasteiger partial charge on any atom is -0.481 e. The molecule has 2 rings (SSSR count). The van der Waals surface area contributed by atoms with Crippen LogP contribution in [-0.2, 0) is 17.6 Å². The molecule has 0 amide bonds. The van der Waals surface area contributed by atoms with Crippen LogP contribution in [0.5, 0.6) is 0 Å². The zero-order chi connectivity index (χ0) is 16.3. The van der Waals surface area contributed by atoms with Crippen LogP contribution < -0.4 is 5.32 Å². The van der Waals surface area contributed by atoms with Crippen molar-refractivity contribution >= 4 is 17.3 Å². The predicted molar refractivity (Wildman–Crippen MR) is 76.8 cm³/mol. The third-order valence-electron chi connectivity index (χ3n) is 3.22. The Morgan fingerprint density at radius 3 is 2.45 bits per heavy atom. The largest absolute Gasteiger partial charge is 0.481 e. The van der Waals surface area contributed by atoms with E-state index in [-0.39, 0.29) is 12.1 Å². The molecule has 0 radical (unpaired) electrons. The molecule has 0 aromatic heterocycles. The highest BCUT2D eigenvalue weighted by atomic mass is 19.2. The van der Waals surface area contributed by atoms with Crippen molar-refractivity contribution in [2.45, 2.75) is 19.8 Å². The topological polar surface area (TPSA) is 49.3 Å². The van der Waals surface area contributed by atoms with E-state index in [2.05, 4.69) is 5.32 Å². The first-order valence-electron chi connectivity index (χ1n) is 6.66. The second-order valence-corrected chi connectivity index (χ2v) is 4.76. The fourth-order valence-electron chi connectivity index (χ4n) is 2.07. The van der Waals surface area contributed by atoms with Crippen LogP contribution in [0.4, 0.5) is 24.5 Å². The number of rotatable bonds is 5. The van der Waals surface area contributed by atoms with Gasteiger partial charge in [-0.25, -0.2) is 13.2 Å². The molecule has 0 heterocycles. The number of hydrogen-bond acceptors (Lipinski definition) is 2. The number of aryl methyl sites for hydroxylation is 1. The first kappa shape index (κ1) is 15.9. The summed E-state index contributed by atoms with van der Waals surface area (Å²) in [5, 5.41) is 11.4. The molecule has 0 saturated carbocycles. The molecule has 22 heavy (non-hydrogen) atoms. The number of hydrogen-bond donors (Lipinski definition) is 2. The molecule has 6 heteroatoms. The van der Waals surface area contributed by atoms with Gasteiger partial charge < -0.3 is 10.4 Å². The average Bonchev–Trinajstić information content (AvgIpc) is 2.48. The van der Waals surface area contributed by atoms with Gasteiger partial charge in [-0.05, 0) is 35.7 Å². The van der Waals surface area contributed by atoms with E-state index < -0.39 is 29.1 Å². The van der Waals surface area contributed by atoms with Gasteiger partial charge in [0.25, 0.3) is 0 Å². The number of halogens is 3. The Morgan fingerprint density at radius 1 is 1.14 bits per heavy atom. The van der Waals surface area contributed by atoms with Gasteiger partial charge in [0, 0.05) is 5.69 Å². The molecule has 0 bridgehead atoms. The Morgan fingerprint density at radius 2 is 1.82 bits per heavy atom. The zero-order valence-electron chi connectivity index (χ0n) is 11.8. The van der Waals surface area contributed by atoms with Crippen molar-refractivity contribution in [2.75, 3.05) is 5.32 Å². The van der Waals surface area contributed by atoms with E-state index in [0.29, 0.717) is 18.1 Å². The molecule has 116 valence electrons. The van der Waals surface area contributed by atoms with Crippen LogP contribution in [0.2, 0.25) is 0 Å². The Bertz CT molecular complexity index is 717. The van der Waals surface area contributed by atoms with Crippen LogP contribution in [0, 0.1) is 17.5 Å². The van der Waals surface area contributed by atoms with Crippen LogP contribution in [0.1, 0.15) is 18.1 Å². The highest BCUT2D eigenvalue weighted by Gasteiger charge is 2.16. The Kier molecular flexibility index (Phi) is 4.70. The molecule has 0 aliphatic rings. The molecule has 0 saturated heterocycles. The van der Waals surface area contributed by atoms with Crippen LogP contribution in [0.25, 0.3) is 0 Å². The van der Waals surface area contributed by atoms with Crippen molar-refractivity contribution in [2.24, 2.45) is 0 Å². The van der Waals surface area contributed by atoms with Crippen molar-refractivity contribution in [3.8, 4) is 0 Å². The van der Waals surface area contributed by atoms with Gasteiger partial charge in [0.05, 0.1) is 6.42 Å². The van der Waals surface area contributed by atoms with Crippen LogP contribution in [0.15, 0.2) is 30.3 Å². The maximum absolute atomic E-state index is 13.7. The minimum atomic E-state index is -1.35. The summed E-state index contributed by atoms with van der Waals surface area (Å²) in [6.07, 6.45) is 0.379. The van der Waals surface area contributed by atoms with Gasteiger partial charge in [0.1, 0.15) is 11.5 Å². The Balaban J connectivity index is 2.45. The third-order valence-corrected chi connectivity index (χ3v) is 3.22. The van der Waals surface area contributed by atoms with Crippen LogP contribution in [-0.4, -0.2) is 11.1 Å². The second-order valence-electron chi connectivity index (χ2n) is 4.76. The summed E-state index contributed by atoms with van der Waals surface area (Å²) in [5.74, 6) is -4.56. The molecular weight excluding hydrogens is 295 g/mol. The second kappa shape index (κ2) is 6.51. The van der Waals surface area contributed by atoms with E-state index in [1.807, 2.05) is 6.92 Å². The van der Waals surface area contributed by atoms with Crippen molar-refractivity contribution < 1.29 is 23.1 Å². The van der Waals surface area contributed by atoms with Crippen molar-refractivity contribution in [3.05, 3.63) is 58.9 Å². The summed E-state index contributed by atoms with van der Waals surface area (Å²) in [4.78, 5) is 10.9. The van der Waals surface area contributed by atoms with Crippen molar-refractivity contribution in [1.82, 2.24) is 0 Å². The van der Waals surface area contributed by atoms with E-state index in [0.717, 1.165) is 11.6 Å². The van der Waals surface area contributed by atoms with Crippen molar-refractivity contribution in [3.63, 3.8) is 0 Å². The lowest BCUT2D eigenvalue weighted by atomic mass is 10.0. The van der Waals surface area contributed by atoms with E-state index >= 15 is 0 Å². The average molecular weight is 309 g/mol. The quantitative estimate of drug-likeness (QED) is 0.820. The van der Waals surface area contributed by atoms with Gasteiger partial charge >= 0.3 is 5.97 Å². The van der Waals surface area contributed by atoms with E-state index in [4.69, 9.17) is 5.11 Å². The predicted octanol–water partition coefficient (Wildman–Crippen LogP) is 4.04. The number of carboxylic acids is 1. The summed E-state index contributed by atoms with van der Waals surface area (Å²) in [7, 11) is 0. The molecule has 0 aliphatic heterocycles. The van der Waals surface area contributed by atoms with Gasteiger partial charge in [0.15, 0.2) is 11.6 Å². The van der Waals surface area contributed by atoms with Crippen LogP contribution >= 0.6 is 0 Å². The van der Waals surface area contributed by atoms with Gasteiger partial charge in [-0.1, -0.05) is 19.1 Å². The summed E-state index contributed by atoms with van der Waals surface area (Å²) in [6, 6.07) is 6.38. The number of aliphatic carboxylic acids is 1. The first-order chi connectivity index (χ1) is 10.4. The maximum atomic E-state index is 13.7. The molecule has 0 unspecified atom stereocenters. The lowest BCUT2D eigenvalue weighted by Crippen LogP contribution is -2.07. The Labute approximate surface area is 125 Å². The molecule has 3 nitrogen and oxygen atoms in total. The molecule has 0 fully saturated rings. The molecule has 2 N–H and O–H groups in total. The monoisotopic (exact) mass is 309 g/mol. The number of carbonyl (C=O) groups is 1. The zero-order valence-corrected chi connectivity index (χ0v) is 11.8.